The molecular formula is C27H45NO2. The van der Waals surface area contributed by atoms with Gasteiger partial charge in [0.25, 0.3) is 0 Å². The molecular weight excluding hydrogens is 370 g/mol. The zero-order valence-corrected chi connectivity index (χ0v) is 20.0. The van der Waals surface area contributed by atoms with E-state index in [4.69, 9.17) is 0 Å². The van der Waals surface area contributed by atoms with Crippen molar-refractivity contribution in [1.82, 2.24) is 5.32 Å². The van der Waals surface area contributed by atoms with E-state index in [9.17, 15) is 9.90 Å². The molecule has 3 fully saturated rings. The first-order valence-corrected chi connectivity index (χ1v) is 12.8. The number of hydrogen-bond acceptors (Lipinski definition) is 2. The minimum absolute atomic E-state index is 0.0748. The summed E-state index contributed by atoms with van der Waals surface area (Å²) < 4.78 is 0. The number of aliphatic hydroxyl groups is 1. The molecule has 0 radical (unpaired) electrons. The van der Waals surface area contributed by atoms with Crippen molar-refractivity contribution >= 4 is 5.91 Å². The molecule has 8 atom stereocenters. The quantitative estimate of drug-likeness (QED) is 0.590. The first kappa shape index (κ1) is 22.4. The molecule has 4 rings (SSSR count). The molecule has 0 spiro atoms. The van der Waals surface area contributed by atoms with Crippen molar-refractivity contribution in [1.29, 1.82) is 0 Å². The predicted octanol–water partition coefficient (Wildman–Crippen LogP) is 5.87. The molecule has 4 aliphatic rings. The summed E-state index contributed by atoms with van der Waals surface area (Å²) in [5.41, 5.74) is 1.65. The Morgan fingerprint density at radius 3 is 2.57 bits per heavy atom. The maximum Gasteiger partial charge on any atom is 0.244 e. The first-order valence-electron chi connectivity index (χ1n) is 12.8. The largest absolute Gasteiger partial charge is 0.393 e. The highest BCUT2D eigenvalue weighted by Crippen LogP contribution is 2.63. The summed E-state index contributed by atoms with van der Waals surface area (Å²) in [4.78, 5) is 12.9. The third-order valence-corrected chi connectivity index (χ3v) is 10.1. The Hall–Kier alpha value is -0.830. The van der Waals surface area contributed by atoms with Gasteiger partial charge in [-0.05, 0) is 85.4 Å². The van der Waals surface area contributed by atoms with E-state index in [-0.39, 0.29) is 17.4 Å². The van der Waals surface area contributed by atoms with E-state index < -0.39 is 0 Å². The summed E-state index contributed by atoms with van der Waals surface area (Å²) in [5.74, 6) is 3.60. The SMILES string of the molecule is CC(C)CCCC(C)C1CC[C@H]2C3NC(=O)C=C4CC(O)CCC4(C)[C@H]3CCC12C. The van der Waals surface area contributed by atoms with Crippen LogP contribution in [0.25, 0.3) is 0 Å². The van der Waals surface area contributed by atoms with Crippen LogP contribution in [0.5, 0.6) is 0 Å². The lowest BCUT2D eigenvalue weighted by Crippen LogP contribution is -2.56. The minimum atomic E-state index is -0.273. The second-order valence-corrected chi connectivity index (χ2v) is 12.3. The van der Waals surface area contributed by atoms with Gasteiger partial charge in [-0.2, -0.15) is 0 Å². The highest BCUT2D eigenvalue weighted by molar-refractivity contribution is 5.89. The van der Waals surface area contributed by atoms with Crippen LogP contribution in [0, 0.1) is 40.4 Å². The number of hydrogen-bond donors (Lipinski definition) is 2. The van der Waals surface area contributed by atoms with Crippen molar-refractivity contribution in [2.75, 3.05) is 0 Å². The van der Waals surface area contributed by atoms with Gasteiger partial charge < -0.3 is 10.4 Å². The Balaban J connectivity index is 1.54. The number of rotatable bonds is 5. The minimum Gasteiger partial charge on any atom is -0.393 e. The van der Waals surface area contributed by atoms with Crippen LogP contribution in [0.4, 0.5) is 0 Å². The van der Waals surface area contributed by atoms with E-state index in [1.54, 1.807) is 0 Å². The number of aliphatic hydroxyl groups excluding tert-OH is 1. The standard InChI is InChI=1S/C27H45NO2/c1-17(2)7-6-8-18(3)21-9-10-22-25-23(12-14-27(21,22)5)26(4)13-11-20(29)15-19(26)16-24(30)28-25/h16-18,20-23,25,29H,6-15H2,1-5H3,(H,28,30)/t18?,20?,21?,22-,23-,25?,26?,27?/m0/s1. The van der Waals surface area contributed by atoms with Crippen molar-refractivity contribution in [3.05, 3.63) is 11.6 Å². The zero-order chi connectivity index (χ0) is 21.7. The van der Waals surface area contributed by atoms with Crippen LogP contribution in [-0.4, -0.2) is 23.2 Å². The fourth-order valence-corrected chi connectivity index (χ4v) is 8.31. The highest BCUT2D eigenvalue weighted by atomic mass is 16.3. The molecule has 3 nitrogen and oxygen atoms in total. The Morgan fingerprint density at radius 2 is 1.83 bits per heavy atom. The lowest BCUT2D eigenvalue weighted by molar-refractivity contribution is -0.119. The van der Waals surface area contributed by atoms with Gasteiger partial charge in [0.15, 0.2) is 0 Å². The zero-order valence-electron chi connectivity index (χ0n) is 20.0. The fraction of sp³-hybridized carbons (Fsp3) is 0.889. The van der Waals surface area contributed by atoms with Gasteiger partial charge >= 0.3 is 0 Å². The highest BCUT2D eigenvalue weighted by Gasteiger charge is 2.59. The smallest absolute Gasteiger partial charge is 0.244 e. The molecule has 3 aliphatic carbocycles. The molecule has 0 saturated heterocycles. The van der Waals surface area contributed by atoms with E-state index in [1.165, 1.54) is 50.5 Å². The predicted molar refractivity (Wildman–Crippen MR) is 123 cm³/mol. The summed E-state index contributed by atoms with van der Waals surface area (Å²) in [6, 6.07) is 0.304. The van der Waals surface area contributed by atoms with E-state index in [2.05, 4.69) is 39.9 Å². The van der Waals surface area contributed by atoms with Gasteiger partial charge in [0, 0.05) is 12.1 Å². The van der Waals surface area contributed by atoms with Gasteiger partial charge in [-0.3, -0.25) is 4.79 Å². The third kappa shape index (κ3) is 3.78. The molecule has 3 heteroatoms. The van der Waals surface area contributed by atoms with Crippen LogP contribution >= 0.6 is 0 Å². The van der Waals surface area contributed by atoms with E-state index >= 15 is 0 Å². The summed E-state index contributed by atoms with van der Waals surface area (Å²) in [7, 11) is 0. The summed E-state index contributed by atoms with van der Waals surface area (Å²) in [5, 5.41) is 13.8. The van der Waals surface area contributed by atoms with Crippen LogP contribution < -0.4 is 5.32 Å². The molecule has 3 saturated carbocycles. The van der Waals surface area contributed by atoms with Crippen molar-refractivity contribution in [3.63, 3.8) is 0 Å². The van der Waals surface area contributed by atoms with Crippen LogP contribution in [0.3, 0.4) is 0 Å². The molecule has 6 unspecified atom stereocenters. The lowest BCUT2D eigenvalue weighted by Gasteiger charge is -2.55. The molecule has 0 aromatic rings. The monoisotopic (exact) mass is 415 g/mol. The summed E-state index contributed by atoms with van der Waals surface area (Å²) in [6.45, 7) is 12.1. The summed E-state index contributed by atoms with van der Waals surface area (Å²) >= 11 is 0. The van der Waals surface area contributed by atoms with Gasteiger partial charge in [0.05, 0.1) is 6.10 Å². The van der Waals surface area contributed by atoms with Gasteiger partial charge in [0.1, 0.15) is 0 Å². The Morgan fingerprint density at radius 1 is 1.07 bits per heavy atom. The molecule has 1 amide bonds. The van der Waals surface area contributed by atoms with Crippen LogP contribution in [0.2, 0.25) is 0 Å². The van der Waals surface area contributed by atoms with Crippen molar-refractivity contribution < 1.29 is 9.90 Å². The molecule has 1 aliphatic heterocycles. The van der Waals surface area contributed by atoms with Gasteiger partial charge in [-0.15, -0.1) is 0 Å². The van der Waals surface area contributed by atoms with E-state index in [0.29, 0.717) is 29.7 Å². The van der Waals surface area contributed by atoms with Crippen LogP contribution in [0.1, 0.15) is 98.8 Å². The number of carbonyl (C=O) groups is 1. The summed E-state index contributed by atoms with van der Waals surface area (Å²) in [6.07, 6.45) is 13.3. The van der Waals surface area contributed by atoms with Gasteiger partial charge in [-0.25, -0.2) is 0 Å². The topological polar surface area (TPSA) is 49.3 Å². The average Bonchev–Trinajstić information content (AvgIpc) is 2.97. The Kier molecular flexibility index (Phi) is 6.16. The van der Waals surface area contributed by atoms with Crippen LogP contribution in [-0.2, 0) is 4.79 Å². The molecule has 2 N–H and O–H groups in total. The van der Waals surface area contributed by atoms with Crippen molar-refractivity contribution in [2.24, 2.45) is 40.4 Å². The first-order chi connectivity index (χ1) is 14.1. The Bertz CT molecular complexity index is 684. The number of nitrogens with one attached hydrogen (secondary N) is 1. The molecule has 1 heterocycles. The molecule has 170 valence electrons. The van der Waals surface area contributed by atoms with Gasteiger partial charge in [0.2, 0.25) is 5.91 Å². The van der Waals surface area contributed by atoms with Crippen molar-refractivity contribution in [3.8, 4) is 0 Å². The maximum absolute atomic E-state index is 12.9. The second kappa shape index (κ2) is 8.26. The normalized spacial score (nSPS) is 44.4. The molecule has 0 aromatic carbocycles. The molecule has 30 heavy (non-hydrogen) atoms. The van der Waals surface area contributed by atoms with Crippen LogP contribution in [0.15, 0.2) is 11.6 Å². The molecule has 0 aromatic heterocycles. The number of fused-ring (bicyclic) bond motifs is 5. The van der Waals surface area contributed by atoms with Crippen molar-refractivity contribution in [2.45, 2.75) is 111 Å². The van der Waals surface area contributed by atoms with Gasteiger partial charge in [-0.1, -0.05) is 59.5 Å². The second-order valence-electron chi connectivity index (χ2n) is 12.3. The maximum atomic E-state index is 12.9. The fourth-order valence-electron chi connectivity index (χ4n) is 8.31. The lowest BCUT2D eigenvalue weighted by atomic mass is 9.51. The number of amides is 1. The van der Waals surface area contributed by atoms with E-state index in [0.717, 1.165) is 30.6 Å². The third-order valence-electron chi connectivity index (χ3n) is 10.1. The van der Waals surface area contributed by atoms with E-state index in [1.807, 2.05) is 6.08 Å². The molecule has 0 bridgehead atoms. The Labute approximate surface area is 184 Å². The number of carbonyl (C=O) groups excluding carboxylic acids is 1. The average molecular weight is 416 g/mol.